The van der Waals surface area contributed by atoms with E-state index in [1.54, 1.807) is 48.5 Å². The molecule has 0 fully saturated rings. The van der Waals surface area contributed by atoms with Crippen LogP contribution in [0.1, 0.15) is 39.1 Å². The predicted octanol–water partition coefficient (Wildman–Crippen LogP) is 3.85. The van der Waals surface area contributed by atoms with Gasteiger partial charge in [-0.15, -0.1) is 0 Å². The van der Waals surface area contributed by atoms with E-state index in [-0.39, 0.29) is 23.7 Å². The fourth-order valence-electron chi connectivity index (χ4n) is 3.85. The van der Waals surface area contributed by atoms with Crippen LogP contribution in [0.25, 0.3) is 0 Å². The predicted molar refractivity (Wildman–Crippen MR) is 140 cm³/mol. The second-order valence-corrected chi connectivity index (χ2v) is 8.68. The molecule has 3 heterocycles. The van der Waals surface area contributed by atoms with Gasteiger partial charge in [0, 0.05) is 42.2 Å². The fourth-order valence-corrected chi connectivity index (χ4v) is 3.98. The van der Waals surface area contributed by atoms with Crippen molar-refractivity contribution >= 4 is 29.2 Å². The Morgan fingerprint density at radius 1 is 1.05 bits per heavy atom. The normalized spacial score (nSPS) is 12.4. The van der Waals surface area contributed by atoms with Gasteiger partial charge in [0.2, 0.25) is 0 Å². The van der Waals surface area contributed by atoms with Gasteiger partial charge in [-0.1, -0.05) is 29.8 Å². The summed E-state index contributed by atoms with van der Waals surface area (Å²) < 4.78 is 19.2. The van der Waals surface area contributed by atoms with Crippen molar-refractivity contribution in [3.8, 4) is 0 Å². The molecule has 0 saturated heterocycles. The van der Waals surface area contributed by atoms with E-state index in [0.29, 0.717) is 16.1 Å². The number of amides is 2. The van der Waals surface area contributed by atoms with Gasteiger partial charge < -0.3 is 20.4 Å². The van der Waals surface area contributed by atoms with Crippen molar-refractivity contribution in [3.05, 3.63) is 123 Å². The summed E-state index contributed by atoms with van der Waals surface area (Å²) in [7, 11) is 1.46. The van der Waals surface area contributed by atoms with Crippen LogP contribution >= 0.6 is 11.6 Å². The molecule has 4 aromatic rings. The number of nitrogens with zero attached hydrogens (tertiary/aromatic N) is 2. The van der Waals surface area contributed by atoms with E-state index in [1.165, 1.54) is 25.6 Å². The minimum absolute atomic E-state index is 0.0808. The number of carbonyl (C=O) groups is 2. The lowest BCUT2D eigenvalue weighted by molar-refractivity contribution is -0.118. The Morgan fingerprint density at radius 2 is 1.84 bits per heavy atom. The lowest BCUT2D eigenvalue weighted by atomic mass is 9.93. The van der Waals surface area contributed by atoms with Crippen molar-refractivity contribution in [1.29, 1.82) is 0 Å². The van der Waals surface area contributed by atoms with E-state index < -0.39 is 35.2 Å². The summed E-state index contributed by atoms with van der Waals surface area (Å²) >= 11 is 6.01. The molecule has 2 atom stereocenters. The maximum atomic E-state index is 13.9. The Kier molecular flexibility index (Phi) is 8.57. The number of nitrogens with one attached hydrogen (secondary N) is 3. The summed E-state index contributed by atoms with van der Waals surface area (Å²) in [5.41, 5.74) is 0.889. The highest BCUT2D eigenvalue weighted by Gasteiger charge is 2.25. The summed E-state index contributed by atoms with van der Waals surface area (Å²) in [6.45, 7) is 0.0808. The summed E-state index contributed by atoms with van der Waals surface area (Å²) in [6, 6.07) is 14.6. The third-order valence-electron chi connectivity index (χ3n) is 5.68. The number of pyridine rings is 3. The Morgan fingerprint density at radius 3 is 2.55 bits per heavy atom. The average molecular weight is 536 g/mol. The van der Waals surface area contributed by atoms with Gasteiger partial charge in [0.05, 0.1) is 6.61 Å². The summed E-state index contributed by atoms with van der Waals surface area (Å²) in [5, 5.41) is 5.87. The number of rotatable bonds is 9. The van der Waals surface area contributed by atoms with Crippen LogP contribution in [0.5, 0.6) is 0 Å². The molecule has 1 aromatic carbocycles. The summed E-state index contributed by atoms with van der Waals surface area (Å²) in [4.78, 5) is 49.2. The molecule has 0 saturated carbocycles. The molecule has 0 aliphatic carbocycles. The van der Waals surface area contributed by atoms with Crippen LogP contribution in [-0.4, -0.2) is 40.5 Å². The van der Waals surface area contributed by atoms with Crippen LogP contribution in [0.2, 0.25) is 5.02 Å². The van der Waals surface area contributed by atoms with E-state index in [9.17, 15) is 18.8 Å². The zero-order valence-electron chi connectivity index (χ0n) is 20.2. The van der Waals surface area contributed by atoms with E-state index in [1.807, 2.05) is 0 Å². The monoisotopic (exact) mass is 535 g/mol. The SMILES string of the molecule is COC[C@H](c1ccnc(NC(=O)[C@@H](NC(=O)c2ccccn2)c2ccc(Cl)cc2)c1)c1cc(F)c[nH]c1=O. The summed E-state index contributed by atoms with van der Waals surface area (Å²) in [5.74, 6) is -2.19. The van der Waals surface area contributed by atoms with Gasteiger partial charge in [-0.3, -0.25) is 19.4 Å². The maximum Gasteiger partial charge on any atom is 0.270 e. The summed E-state index contributed by atoms with van der Waals surface area (Å²) in [6.07, 6.45) is 3.90. The van der Waals surface area contributed by atoms with Gasteiger partial charge in [0.15, 0.2) is 0 Å². The van der Waals surface area contributed by atoms with Gasteiger partial charge in [-0.05, 0) is 53.6 Å². The highest BCUT2D eigenvalue weighted by atomic mass is 35.5. The molecule has 0 aliphatic heterocycles. The van der Waals surface area contributed by atoms with Crippen molar-refractivity contribution in [2.24, 2.45) is 0 Å². The molecule has 38 heavy (non-hydrogen) atoms. The third-order valence-corrected chi connectivity index (χ3v) is 5.93. The molecule has 11 heteroatoms. The van der Waals surface area contributed by atoms with Crippen LogP contribution in [0.4, 0.5) is 10.2 Å². The number of H-pyrrole nitrogens is 1. The molecule has 0 unspecified atom stereocenters. The molecule has 3 aromatic heterocycles. The van der Waals surface area contributed by atoms with Crippen molar-refractivity contribution < 1.29 is 18.7 Å². The van der Waals surface area contributed by atoms with Gasteiger partial charge >= 0.3 is 0 Å². The molecular weight excluding hydrogens is 513 g/mol. The first-order valence-corrected chi connectivity index (χ1v) is 11.8. The standard InChI is InChI=1S/C27H23ClFN5O4/c1-38-15-21(20-13-19(29)14-32-25(20)35)17-9-11-31-23(12-17)33-27(37)24(16-5-7-18(28)8-6-16)34-26(36)22-4-2-3-10-30-22/h2-14,21,24H,15H2,1H3,(H,32,35)(H,34,36)(H,31,33,37)/t21-,24+/m1/s1. The van der Waals surface area contributed by atoms with E-state index in [2.05, 4.69) is 25.6 Å². The van der Waals surface area contributed by atoms with Crippen LogP contribution < -0.4 is 16.2 Å². The van der Waals surface area contributed by atoms with Crippen molar-refractivity contribution in [1.82, 2.24) is 20.3 Å². The number of benzene rings is 1. The first-order chi connectivity index (χ1) is 18.4. The van der Waals surface area contributed by atoms with Crippen LogP contribution in [0.3, 0.4) is 0 Å². The molecule has 0 bridgehead atoms. The molecule has 3 N–H and O–H groups in total. The lowest BCUT2D eigenvalue weighted by Gasteiger charge is -2.20. The minimum atomic E-state index is -1.10. The highest BCUT2D eigenvalue weighted by molar-refractivity contribution is 6.30. The number of anilines is 1. The van der Waals surface area contributed by atoms with Gasteiger partial charge in [-0.2, -0.15) is 0 Å². The molecule has 0 spiro atoms. The number of hydrogen-bond donors (Lipinski definition) is 3. The van der Waals surface area contributed by atoms with Gasteiger partial charge in [-0.25, -0.2) is 9.37 Å². The van der Waals surface area contributed by atoms with Crippen LogP contribution in [0, 0.1) is 5.82 Å². The van der Waals surface area contributed by atoms with Crippen molar-refractivity contribution in [2.45, 2.75) is 12.0 Å². The number of halogens is 2. The average Bonchev–Trinajstić information content (AvgIpc) is 2.93. The quantitative estimate of drug-likeness (QED) is 0.299. The number of aromatic amines is 1. The Labute approximate surface area is 222 Å². The second kappa shape index (κ2) is 12.2. The number of carbonyl (C=O) groups excluding carboxylic acids is 2. The van der Waals surface area contributed by atoms with Crippen molar-refractivity contribution in [2.75, 3.05) is 19.0 Å². The smallest absolute Gasteiger partial charge is 0.270 e. The topological polar surface area (TPSA) is 126 Å². The van der Waals surface area contributed by atoms with E-state index in [0.717, 1.165) is 12.3 Å². The number of ether oxygens (including phenoxy) is 1. The van der Waals surface area contributed by atoms with Gasteiger partial charge in [0.1, 0.15) is 23.4 Å². The number of aromatic nitrogens is 3. The zero-order chi connectivity index (χ0) is 27.1. The van der Waals surface area contributed by atoms with Crippen LogP contribution in [0.15, 0.2) is 84.0 Å². The molecule has 2 amide bonds. The lowest BCUT2D eigenvalue weighted by Crippen LogP contribution is -2.37. The largest absolute Gasteiger partial charge is 0.384 e. The third kappa shape index (κ3) is 6.47. The van der Waals surface area contributed by atoms with E-state index >= 15 is 0 Å². The second-order valence-electron chi connectivity index (χ2n) is 8.25. The van der Waals surface area contributed by atoms with E-state index in [4.69, 9.17) is 16.3 Å². The molecule has 9 nitrogen and oxygen atoms in total. The van der Waals surface area contributed by atoms with Crippen molar-refractivity contribution in [3.63, 3.8) is 0 Å². The minimum Gasteiger partial charge on any atom is -0.384 e. The molecule has 194 valence electrons. The Bertz CT molecular complexity index is 1480. The molecular formula is C27H23ClFN5O4. The molecule has 0 radical (unpaired) electrons. The number of methoxy groups -OCH3 is 1. The fraction of sp³-hybridized carbons (Fsp3) is 0.148. The van der Waals surface area contributed by atoms with Crippen LogP contribution in [-0.2, 0) is 9.53 Å². The first kappa shape index (κ1) is 26.6. The van der Waals surface area contributed by atoms with Gasteiger partial charge in [0.25, 0.3) is 17.4 Å². The highest BCUT2D eigenvalue weighted by Crippen LogP contribution is 2.25. The molecule has 4 rings (SSSR count). The maximum absolute atomic E-state index is 13.9. The molecule has 0 aliphatic rings. The Balaban J connectivity index is 1.62. The zero-order valence-corrected chi connectivity index (χ0v) is 20.9. The number of hydrogen-bond acceptors (Lipinski definition) is 6. The first-order valence-electron chi connectivity index (χ1n) is 11.5. The Hall–Kier alpha value is -4.41.